The number of carbonyl (C=O) groups is 1. The van der Waals surface area contributed by atoms with Gasteiger partial charge < -0.3 is 11.1 Å². The molecule has 0 radical (unpaired) electrons. The van der Waals surface area contributed by atoms with Gasteiger partial charge >= 0.3 is 0 Å². The van der Waals surface area contributed by atoms with Crippen LogP contribution in [0.3, 0.4) is 0 Å². The normalized spacial score (nSPS) is 22.6. The minimum Gasteiger partial charge on any atom is -0.396 e. The number of anilines is 1. The first kappa shape index (κ1) is 12.9. The fourth-order valence-electron chi connectivity index (χ4n) is 2.02. The number of nitrogens with one attached hydrogen (secondary N) is 1. The summed E-state index contributed by atoms with van der Waals surface area (Å²) in [5, 5.41) is 6.60. The van der Waals surface area contributed by atoms with Crippen molar-refractivity contribution >= 4 is 21.4 Å². The van der Waals surface area contributed by atoms with Crippen LogP contribution in [0.25, 0.3) is 0 Å². The molecule has 0 aliphatic carbocycles. The molecule has 1 aromatic rings. The first-order valence-corrected chi connectivity index (χ1v) is 7.54. The molecule has 1 fully saturated rings. The van der Waals surface area contributed by atoms with E-state index in [9.17, 15) is 13.2 Å². The van der Waals surface area contributed by atoms with Crippen molar-refractivity contribution in [3.63, 3.8) is 0 Å². The highest BCUT2D eigenvalue weighted by atomic mass is 32.2. The molecule has 1 aliphatic heterocycles. The zero-order valence-electron chi connectivity index (χ0n) is 9.87. The van der Waals surface area contributed by atoms with Crippen molar-refractivity contribution in [1.29, 1.82) is 0 Å². The molecule has 1 amide bonds. The van der Waals surface area contributed by atoms with Crippen LogP contribution in [-0.2, 0) is 21.2 Å². The Morgan fingerprint density at radius 1 is 1.61 bits per heavy atom. The van der Waals surface area contributed by atoms with Crippen LogP contribution in [0.2, 0.25) is 0 Å². The van der Waals surface area contributed by atoms with Gasteiger partial charge in [0.2, 0.25) is 5.91 Å². The molecular formula is C10H16N4O3S. The summed E-state index contributed by atoms with van der Waals surface area (Å²) in [6.07, 6.45) is 4.31. The van der Waals surface area contributed by atoms with E-state index < -0.39 is 9.84 Å². The number of nitrogens with two attached hydrogens (primary N) is 1. The van der Waals surface area contributed by atoms with Crippen LogP contribution in [-0.4, -0.2) is 41.7 Å². The van der Waals surface area contributed by atoms with E-state index in [1.165, 1.54) is 10.9 Å². The Bertz CT molecular complexity index is 537. The smallest absolute Gasteiger partial charge is 0.241 e. The molecule has 100 valence electrons. The van der Waals surface area contributed by atoms with Gasteiger partial charge in [-0.1, -0.05) is 0 Å². The number of hydrogen-bond donors (Lipinski definition) is 2. The number of amides is 1. The molecule has 2 heterocycles. The van der Waals surface area contributed by atoms with Gasteiger partial charge in [0.1, 0.15) is 6.54 Å². The molecule has 0 saturated carbocycles. The lowest BCUT2D eigenvalue weighted by molar-refractivity contribution is -0.122. The minimum absolute atomic E-state index is 0.0278. The molecule has 0 spiro atoms. The lowest BCUT2D eigenvalue weighted by Crippen LogP contribution is -2.44. The van der Waals surface area contributed by atoms with E-state index in [1.807, 2.05) is 0 Å². The predicted octanol–water partition coefficient (Wildman–Crippen LogP) is -0.841. The molecular weight excluding hydrogens is 256 g/mol. The number of hydrogen-bond acceptors (Lipinski definition) is 5. The molecule has 1 saturated heterocycles. The lowest BCUT2D eigenvalue weighted by atomic mass is 10.2. The minimum atomic E-state index is -3.00. The van der Waals surface area contributed by atoms with Gasteiger partial charge in [0.15, 0.2) is 9.84 Å². The second-order valence-electron chi connectivity index (χ2n) is 4.49. The Morgan fingerprint density at radius 2 is 2.39 bits per heavy atom. The molecule has 2 rings (SSSR count). The zero-order chi connectivity index (χ0) is 13.2. The molecule has 3 N–H and O–H groups in total. The molecule has 0 aromatic carbocycles. The Balaban J connectivity index is 1.88. The van der Waals surface area contributed by atoms with Crippen LogP contribution in [0.4, 0.5) is 5.69 Å². The van der Waals surface area contributed by atoms with Crippen LogP contribution >= 0.6 is 0 Å². The number of nitrogen functional groups attached to an aromatic ring is 1. The summed E-state index contributed by atoms with van der Waals surface area (Å²) in [6.45, 7) is 0.0494. The van der Waals surface area contributed by atoms with Gasteiger partial charge in [-0.05, 0) is 12.8 Å². The summed E-state index contributed by atoms with van der Waals surface area (Å²) in [5.74, 6) is -0.00473. The first-order chi connectivity index (χ1) is 8.44. The van der Waals surface area contributed by atoms with Crippen LogP contribution in [0, 0.1) is 0 Å². The number of rotatable bonds is 3. The number of sulfone groups is 1. The molecule has 1 aromatic heterocycles. The van der Waals surface area contributed by atoms with Crippen LogP contribution in [0.1, 0.15) is 12.8 Å². The maximum Gasteiger partial charge on any atom is 0.241 e. The highest BCUT2D eigenvalue weighted by Crippen LogP contribution is 2.11. The molecule has 7 nitrogen and oxygen atoms in total. The Labute approximate surface area is 105 Å². The van der Waals surface area contributed by atoms with Gasteiger partial charge in [-0.15, -0.1) is 0 Å². The van der Waals surface area contributed by atoms with Crippen molar-refractivity contribution in [3.8, 4) is 0 Å². The maximum atomic E-state index is 11.7. The third-order valence-corrected chi connectivity index (χ3v) is 4.61. The fourth-order valence-corrected chi connectivity index (χ4v) is 3.66. The van der Waals surface area contributed by atoms with E-state index >= 15 is 0 Å². The molecule has 8 heteroatoms. The van der Waals surface area contributed by atoms with E-state index in [1.54, 1.807) is 6.20 Å². The van der Waals surface area contributed by atoms with Crippen molar-refractivity contribution in [2.75, 3.05) is 17.2 Å². The van der Waals surface area contributed by atoms with Gasteiger partial charge in [0, 0.05) is 12.2 Å². The van der Waals surface area contributed by atoms with Crippen LogP contribution in [0.5, 0.6) is 0 Å². The average Bonchev–Trinajstić information content (AvgIpc) is 2.62. The lowest BCUT2D eigenvalue weighted by Gasteiger charge is -2.22. The third-order valence-electron chi connectivity index (χ3n) is 2.79. The van der Waals surface area contributed by atoms with Crippen molar-refractivity contribution in [1.82, 2.24) is 15.1 Å². The third kappa shape index (κ3) is 3.46. The number of carbonyl (C=O) groups excluding carboxylic acids is 1. The summed E-state index contributed by atoms with van der Waals surface area (Å²) in [5.41, 5.74) is 5.97. The highest BCUT2D eigenvalue weighted by molar-refractivity contribution is 7.91. The molecule has 1 atom stereocenters. The van der Waals surface area contributed by atoms with E-state index in [-0.39, 0.29) is 30.0 Å². The van der Waals surface area contributed by atoms with E-state index in [2.05, 4.69) is 10.4 Å². The van der Waals surface area contributed by atoms with Crippen molar-refractivity contribution in [2.45, 2.75) is 25.4 Å². The number of aromatic nitrogens is 2. The Morgan fingerprint density at radius 3 is 3.00 bits per heavy atom. The maximum absolute atomic E-state index is 11.7. The summed E-state index contributed by atoms with van der Waals surface area (Å²) >= 11 is 0. The quantitative estimate of drug-likeness (QED) is 0.746. The molecule has 18 heavy (non-hydrogen) atoms. The topological polar surface area (TPSA) is 107 Å². The summed E-state index contributed by atoms with van der Waals surface area (Å²) in [6, 6.07) is -0.288. The van der Waals surface area contributed by atoms with Crippen LogP contribution in [0.15, 0.2) is 12.4 Å². The monoisotopic (exact) mass is 272 g/mol. The van der Waals surface area contributed by atoms with E-state index in [4.69, 9.17) is 5.73 Å². The molecule has 1 aliphatic rings. The fraction of sp³-hybridized carbons (Fsp3) is 0.600. The largest absolute Gasteiger partial charge is 0.396 e. The van der Waals surface area contributed by atoms with Gasteiger partial charge in [-0.25, -0.2) is 8.42 Å². The average molecular weight is 272 g/mol. The summed E-state index contributed by atoms with van der Waals surface area (Å²) in [7, 11) is -3.00. The standard InChI is InChI=1S/C10H16N4O3S/c11-8-4-12-14(5-8)6-10(15)13-9-2-1-3-18(16,17)7-9/h4-5,9H,1-3,6-7,11H2,(H,13,15). The summed E-state index contributed by atoms with van der Waals surface area (Å²) < 4.78 is 24.3. The molecule has 1 unspecified atom stereocenters. The Kier molecular flexibility index (Phi) is 3.55. The van der Waals surface area contributed by atoms with Crippen LogP contribution < -0.4 is 11.1 Å². The van der Waals surface area contributed by atoms with E-state index in [0.717, 1.165) is 0 Å². The van der Waals surface area contributed by atoms with Crippen molar-refractivity contribution in [3.05, 3.63) is 12.4 Å². The van der Waals surface area contributed by atoms with Crippen molar-refractivity contribution in [2.24, 2.45) is 0 Å². The second-order valence-corrected chi connectivity index (χ2v) is 6.72. The summed E-state index contributed by atoms with van der Waals surface area (Å²) in [4.78, 5) is 11.7. The predicted molar refractivity (Wildman–Crippen MR) is 66.5 cm³/mol. The SMILES string of the molecule is Nc1cnn(CC(=O)NC2CCCS(=O)(=O)C2)c1. The van der Waals surface area contributed by atoms with Gasteiger partial charge in [-0.3, -0.25) is 9.48 Å². The van der Waals surface area contributed by atoms with Crippen molar-refractivity contribution < 1.29 is 13.2 Å². The van der Waals surface area contributed by atoms with Gasteiger partial charge in [-0.2, -0.15) is 5.10 Å². The number of nitrogens with zero attached hydrogens (tertiary/aromatic N) is 2. The Hall–Kier alpha value is -1.57. The molecule has 0 bridgehead atoms. The van der Waals surface area contributed by atoms with Gasteiger partial charge in [0.05, 0.1) is 23.4 Å². The highest BCUT2D eigenvalue weighted by Gasteiger charge is 2.25. The van der Waals surface area contributed by atoms with Gasteiger partial charge in [0.25, 0.3) is 0 Å². The van der Waals surface area contributed by atoms with E-state index in [0.29, 0.717) is 18.5 Å². The zero-order valence-corrected chi connectivity index (χ0v) is 10.7. The second kappa shape index (κ2) is 4.97. The first-order valence-electron chi connectivity index (χ1n) is 5.72.